The van der Waals surface area contributed by atoms with E-state index < -0.39 is 17.6 Å². The van der Waals surface area contributed by atoms with Crippen LogP contribution >= 0.6 is 0 Å². The van der Waals surface area contributed by atoms with Crippen LogP contribution in [0.5, 0.6) is 0 Å². The molecule has 1 amide bonds. The van der Waals surface area contributed by atoms with E-state index in [9.17, 15) is 22.8 Å². The van der Waals surface area contributed by atoms with Crippen molar-refractivity contribution in [3.63, 3.8) is 0 Å². The highest BCUT2D eigenvalue weighted by Gasteiger charge is 2.31. The Morgan fingerprint density at radius 3 is 2.22 bits per heavy atom. The normalized spacial score (nSPS) is 16.2. The fourth-order valence-electron chi connectivity index (χ4n) is 1.79. The van der Waals surface area contributed by atoms with Gasteiger partial charge in [0.15, 0.2) is 5.78 Å². The SMILES string of the molecule is O=C1CCN(C(=O)c2ccc(C(F)(F)F)cc2)C1. The molecule has 1 aromatic rings. The minimum Gasteiger partial charge on any atom is -0.331 e. The number of Topliss-reactive ketones (excluding diaryl/α,β-unsaturated/α-hetero) is 1. The summed E-state index contributed by atoms with van der Waals surface area (Å²) in [5, 5.41) is 0. The maximum Gasteiger partial charge on any atom is 0.416 e. The second-order valence-electron chi connectivity index (χ2n) is 4.09. The molecule has 1 heterocycles. The first-order valence-corrected chi connectivity index (χ1v) is 5.36. The molecule has 0 bridgehead atoms. The molecule has 1 fully saturated rings. The third-order valence-electron chi connectivity index (χ3n) is 2.77. The Kier molecular flexibility index (Phi) is 3.11. The van der Waals surface area contributed by atoms with Crippen molar-refractivity contribution in [3.05, 3.63) is 35.4 Å². The van der Waals surface area contributed by atoms with E-state index in [1.165, 1.54) is 4.90 Å². The lowest BCUT2D eigenvalue weighted by Gasteiger charge is -2.14. The number of rotatable bonds is 1. The summed E-state index contributed by atoms with van der Waals surface area (Å²) in [7, 11) is 0. The Balaban J connectivity index is 2.15. The standard InChI is InChI=1S/C12H10F3NO2/c13-12(14,15)9-3-1-8(2-4-9)11(18)16-6-5-10(17)7-16/h1-4H,5-7H2. The average Bonchev–Trinajstić information content (AvgIpc) is 2.74. The number of nitrogens with zero attached hydrogens (tertiary/aromatic N) is 1. The van der Waals surface area contributed by atoms with Crippen LogP contribution in [0.2, 0.25) is 0 Å². The van der Waals surface area contributed by atoms with Crippen LogP contribution in [-0.4, -0.2) is 29.7 Å². The molecule has 3 nitrogen and oxygen atoms in total. The number of carbonyl (C=O) groups excluding carboxylic acids is 2. The Morgan fingerprint density at radius 2 is 1.78 bits per heavy atom. The van der Waals surface area contributed by atoms with E-state index in [0.29, 0.717) is 13.0 Å². The molecule has 2 rings (SSSR count). The molecule has 0 radical (unpaired) electrons. The summed E-state index contributed by atoms with van der Waals surface area (Å²) in [6.07, 6.45) is -4.10. The van der Waals surface area contributed by atoms with Gasteiger partial charge in [0.25, 0.3) is 5.91 Å². The summed E-state index contributed by atoms with van der Waals surface area (Å²) in [4.78, 5) is 24.2. The Bertz CT molecular complexity index is 479. The molecule has 1 aliphatic heterocycles. The van der Waals surface area contributed by atoms with Crippen molar-refractivity contribution in [2.45, 2.75) is 12.6 Å². The van der Waals surface area contributed by atoms with E-state index >= 15 is 0 Å². The lowest BCUT2D eigenvalue weighted by atomic mass is 10.1. The van der Waals surface area contributed by atoms with Crippen molar-refractivity contribution >= 4 is 11.7 Å². The topological polar surface area (TPSA) is 37.4 Å². The Hall–Kier alpha value is -1.85. The van der Waals surface area contributed by atoms with Crippen molar-refractivity contribution in [3.8, 4) is 0 Å². The van der Waals surface area contributed by atoms with Crippen LogP contribution in [0.4, 0.5) is 13.2 Å². The van der Waals surface area contributed by atoms with Crippen LogP contribution in [0.25, 0.3) is 0 Å². The second-order valence-corrected chi connectivity index (χ2v) is 4.09. The highest BCUT2D eigenvalue weighted by Crippen LogP contribution is 2.29. The zero-order valence-electron chi connectivity index (χ0n) is 9.33. The lowest BCUT2D eigenvalue weighted by Crippen LogP contribution is -2.28. The minimum absolute atomic E-state index is 0.0322. The summed E-state index contributed by atoms with van der Waals surface area (Å²) in [6.45, 7) is 0.374. The van der Waals surface area contributed by atoms with Crippen molar-refractivity contribution in [2.75, 3.05) is 13.1 Å². The zero-order valence-corrected chi connectivity index (χ0v) is 9.33. The van der Waals surface area contributed by atoms with Crippen molar-refractivity contribution in [1.82, 2.24) is 4.90 Å². The first-order chi connectivity index (χ1) is 8.38. The van der Waals surface area contributed by atoms with E-state index in [2.05, 4.69) is 0 Å². The summed E-state index contributed by atoms with van der Waals surface area (Å²) in [5.41, 5.74) is -0.630. The maximum atomic E-state index is 12.3. The molecule has 0 spiro atoms. The fraction of sp³-hybridized carbons (Fsp3) is 0.333. The molecule has 0 aromatic heterocycles. The maximum absolute atomic E-state index is 12.3. The van der Waals surface area contributed by atoms with Crippen LogP contribution in [0.15, 0.2) is 24.3 Å². The molecule has 1 saturated heterocycles. The number of likely N-dealkylation sites (tertiary alicyclic amines) is 1. The van der Waals surface area contributed by atoms with Gasteiger partial charge < -0.3 is 4.90 Å². The number of hydrogen-bond donors (Lipinski definition) is 0. The number of amides is 1. The van der Waals surface area contributed by atoms with E-state index in [4.69, 9.17) is 0 Å². The number of benzene rings is 1. The van der Waals surface area contributed by atoms with Gasteiger partial charge in [0, 0.05) is 18.5 Å². The van der Waals surface area contributed by atoms with E-state index in [1.807, 2.05) is 0 Å². The Labute approximate surface area is 101 Å². The fourth-order valence-corrected chi connectivity index (χ4v) is 1.79. The van der Waals surface area contributed by atoms with Crippen LogP contribution in [0, 0.1) is 0 Å². The van der Waals surface area contributed by atoms with E-state index in [1.54, 1.807) is 0 Å². The van der Waals surface area contributed by atoms with Gasteiger partial charge in [-0.05, 0) is 24.3 Å². The van der Waals surface area contributed by atoms with Crippen molar-refractivity contribution in [2.24, 2.45) is 0 Å². The summed E-state index contributed by atoms with van der Waals surface area (Å²) < 4.78 is 37.0. The first-order valence-electron chi connectivity index (χ1n) is 5.36. The summed E-state index contributed by atoms with van der Waals surface area (Å²) in [5.74, 6) is -0.440. The molecule has 96 valence electrons. The molecule has 18 heavy (non-hydrogen) atoms. The summed E-state index contributed by atoms with van der Waals surface area (Å²) >= 11 is 0. The molecule has 0 unspecified atom stereocenters. The molecule has 0 N–H and O–H groups in total. The van der Waals surface area contributed by atoms with Gasteiger partial charge in [-0.3, -0.25) is 9.59 Å². The number of ketones is 1. The highest BCUT2D eigenvalue weighted by atomic mass is 19.4. The lowest BCUT2D eigenvalue weighted by molar-refractivity contribution is -0.137. The molecule has 0 aliphatic carbocycles. The van der Waals surface area contributed by atoms with E-state index in [-0.39, 0.29) is 17.9 Å². The molecule has 6 heteroatoms. The molecular formula is C12H10F3NO2. The minimum atomic E-state index is -4.41. The Morgan fingerprint density at radius 1 is 1.17 bits per heavy atom. The largest absolute Gasteiger partial charge is 0.416 e. The van der Waals surface area contributed by atoms with Gasteiger partial charge in [0.05, 0.1) is 12.1 Å². The predicted molar refractivity (Wildman–Crippen MR) is 57.0 cm³/mol. The van der Waals surface area contributed by atoms with Crippen LogP contribution in [0.1, 0.15) is 22.3 Å². The molecule has 0 atom stereocenters. The second kappa shape index (κ2) is 4.44. The number of halogens is 3. The van der Waals surface area contributed by atoms with Crippen LogP contribution < -0.4 is 0 Å². The third kappa shape index (κ3) is 2.52. The monoisotopic (exact) mass is 257 g/mol. The number of alkyl halides is 3. The number of carbonyl (C=O) groups is 2. The van der Waals surface area contributed by atoms with Crippen molar-refractivity contribution < 1.29 is 22.8 Å². The van der Waals surface area contributed by atoms with Gasteiger partial charge in [-0.1, -0.05) is 0 Å². The molecule has 0 saturated carbocycles. The quantitative estimate of drug-likeness (QED) is 0.772. The zero-order chi connectivity index (χ0) is 13.3. The average molecular weight is 257 g/mol. The third-order valence-corrected chi connectivity index (χ3v) is 2.77. The first kappa shape index (κ1) is 12.6. The smallest absolute Gasteiger partial charge is 0.331 e. The predicted octanol–water partition coefficient (Wildman–Crippen LogP) is 2.12. The van der Waals surface area contributed by atoms with Gasteiger partial charge >= 0.3 is 6.18 Å². The summed E-state index contributed by atoms with van der Waals surface area (Å²) in [6, 6.07) is 4.00. The van der Waals surface area contributed by atoms with Gasteiger partial charge in [0.2, 0.25) is 0 Å². The molecular weight excluding hydrogens is 247 g/mol. The molecule has 1 aromatic carbocycles. The van der Waals surface area contributed by atoms with Gasteiger partial charge in [-0.15, -0.1) is 0 Å². The van der Waals surface area contributed by atoms with Crippen LogP contribution in [0.3, 0.4) is 0 Å². The van der Waals surface area contributed by atoms with E-state index in [0.717, 1.165) is 24.3 Å². The highest BCUT2D eigenvalue weighted by molar-refractivity contribution is 5.98. The number of hydrogen-bond acceptors (Lipinski definition) is 2. The molecule has 1 aliphatic rings. The van der Waals surface area contributed by atoms with Gasteiger partial charge in [0.1, 0.15) is 0 Å². The van der Waals surface area contributed by atoms with Crippen molar-refractivity contribution in [1.29, 1.82) is 0 Å². The van der Waals surface area contributed by atoms with Gasteiger partial charge in [-0.25, -0.2) is 0 Å². The van der Waals surface area contributed by atoms with Crippen LogP contribution in [-0.2, 0) is 11.0 Å². The van der Waals surface area contributed by atoms with Gasteiger partial charge in [-0.2, -0.15) is 13.2 Å².